The van der Waals surface area contributed by atoms with Crippen LogP contribution >= 0.6 is 12.6 Å². The molecule has 0 unspecified atom stereocenters. The largest absolute Gasteiger partial charge is 0.478 e. The van der Waals surface area contributed by atoms with Gasteiger partial charge in [0, 0.05) is 0 Å². The Morgan fingerprint density at radius 1 is 1.25 bits per heavy atom. The van der Waals surface area contributed by atoms with Crippen LogP contribution in [0.1, 0.15) is 31.8 Å². The lowest BCUT2D eigenvalue weighted by Gasteiger charge is -2.10. The molecule has 1 aromatic carbocycles. The summed E-state index contributed by atoms with van der Waals surface area (Å²) in [6, 6.07) is 2.97. The van der Waals surface area contributed by atoms with E-state index < -0.39 is 11.9 Å². The number of carboxylic acids is 2. The molecule has 0 heterocycles. The van der Waals surface area contributed by atoms with E-state index in [4.69, 9.17) is 10.2 Å². The van der Waals surface area contributed by atoms with E-state index in [0.29, 0.717) is 23.3 Å². The average Bonchev–Trinajstić information content (AvgIpc) is 2.17. The van der Waals surface area contributed by atoms with Crippen LogP contribution in [0.5, 0.6) is 0 Å². The molecule has 0 radical (unpaired) electrons. The summed E-state index contributed by atoms with van der Waals surface area (Å²) in [5.41, 5.74) is 1.01. The van der Waals surface area contributed by atoms with Crippen molar-refractivity contribution < 1.29 is 19.8 Å². The Hall–Kier alpha value is -1.49. The zero-order chi connectivity index (χ0) is 12.3. The lowest BCUT2D eigenvalue weighted by atomic mass is 9.95. The molecule has 0 aliphatic rings. The molecular formula is C11H12O4S. The molecule has 2 N–H and O–H groups in total. The Kier molecular flexibility index (Phi) is 3.95. The first kappa shape index (κ1) is 12.6. The molecule has 86 valence electrons. The van der Waals surface area contributed by atoms with Gasteiger partial charge in [0.1, 0.15) is 0 Å². The van der Waals surface area contributed by atoms with E-state index in [1.165, 1.54) is 19.1 Å². The van der Waals surface area contributed by atoms with Crippen LogP contribution in [0.25, 0.3) is 0 Å². The first-order valence-electron chi connectivity index (χ1n) is 4.69. The van der Waals surface area contributed by atoms with Gasteiger partial charge in [-0.15, -0.1) is 0 Å². The van der Waals surface area contributed by atoms with Crippen LogP contribution in [0.15, 0.2) is 12.1 Å². The normalized spacial score (nSPS) is 10.1. The van der Waals surface area contributed by atoms with Crippen LogP contribution in [0, 0.1) is 6.92 Å². The number of benzene rings is 1. The van der Waals surface area contributed by atoms with E-state index in [1.807, 2.05) is 0 Å². The summed E-state index contributed by atoms with van der Waals surface area (Å²) in [4.78, 5) is 21.9. The van der Waals surface area contributed by atoms with Crippen molar-refractivity contribution in [2.75, 3.05) is 5.75 Å². The minimum Gasteiger partial charge on any atom is -0.478 e. The first-order valence-corrected chi connectivity index (χ1v) is 5.32. The van der Waals surface area contributed by atoms with Gasteiger partial charge < -0.3 is 10.2 Å². The first-order chi connectivity index (χ1) is 7.49. The Balaban J connectivity index is 3.41. The number of carboxylic acid groups (broad SMARTS) is 2. The van der Waals surface area contributed by atoms with Crippen LogP contribution in [0.3, 0.4) is 0 Å². The quantitative estimate of drug-likeness (QED) is 0.702. The lowest BCUT2D eigenvalue weighted by Crippen LogP contribution is -2.11. The van der Waals surface area contributed by atoms with Crippen LogP contribution in [-0.4, -0.2) is 27.9 Å². The molecule has 5 heteroatoms. The highest BCUT2D eigenvalue weighted by Gasteiger charge is 2.18. The minimum atomic E-state index is -1.11. The Morgan fingerprint density at radius 3 is 2.31 bits per heavy atom. The third-order valence-electron chi connectivity index (χ3n) is 2.38. The summed E-state index contributed by atoms with van der Waals surface area (Å²) in [6.07, 6.45) is 0.505. The Labute approximate surface area is 98.3 Å². The maximum Gasteiger partial charge on any atom is 0.336 e. The van der Waals surface area contributed by atoms with Crippen molar-refractivity contribution >= 4 is 24.6 Å². The van der Waals surface area contributed by atoms with Crippen molar-refractivity contribution in [2.24, 2.45) is 0 Å². The van der Waals surface area contributed by atoms with Gasteiger partial charge in [-0.3, -0.25) is 0 Å². The number of aryl methyl sites for hydroxylation is 1. The molecule has 0 aliphatic carbocycles. The van der Waals surface area contributed by atoms with Crippen molar-refractivity contribution in [1.29, 1.82) is 0 Å². The van der Waals surface area contributed by atoms with Crippen molar-refractivity contribution in [1.82, 2.24) is 0 Å². The summed E-state index contributed by atoms with van der Waals surface area (Å²) >= 11 is 4.04. The summed E-state index contributed by atoms with van der Waals surface area (Å²) in [7, 11) is 0. The number of aromatic carboxylic acids is 2. The number of hydrogen-bond donors (Lipinski definition) is 3. The highest BCUT2D eigenvalue weighted by molar-refractivity contribution is 7.80. The second-order valence-corrected chi connectivity index (χ2v) is 3.80. The highest BCUT2D eigenvalue weighted by Crippen LogP contribution is 2.20. The molecule has 0 saturated heterocycles. The van der Waals surface area contributed by atoms with Crippen LogP contribution < -0.4 is 0 Å². The second-order valence-electron chi connectivity index (χ2n) is 3.36. The second kappa shape index (κ2) is 5.03. The maximum atomic E-state index is 11.1. The third-order valence-corrected chi connectivity index (χ3v) is 2.60. The monoisotopic (exact) mass is 240 g/mol. The van der Waals surface area contributed by atoms with Gasteiger partial charge in [-0.25, -0.2) is 9.59 Å². The lowest BCUT2D eigenvalue weighted by molar-refractivity contribution is 0.0695. The highest BCUT2D eigenvalue weighted by atomic mass is 32.1. The van der Waals surface area contributed by atoms with Gasteiger partial charge in [-0.1, -0.05) is 6.07 Å². The van der Waals surface area contributed by atoms with Gasteiger partial charge in [-0.2, -0.15) is 12.6 Å². The molecule has 1 rings (SSSR count). The Bertz CT molecular complexity index is 440. The number of carbonyl (C=O) groups is 2. The molecule has 0 fully saturated rings. The smallest absolute Gasteiger partial charge is 0.336 e. The van der Waals surface area contributed by atoms with Gasteiger partial charge in [0.05, 0.1) is 11.1 Å². The molecule has 0 aromatic heterocycles. The van der Waals surface area contributed by atoms with Crippen molar-refractivity contribution in [2.45, 2.75) is 13.3 Å². The molecule has 4 nitrogen and oxygen atoms in total. The van der Waals surface area contributed by atoms with Crippen LogP contribution in [0.2, 0.25) is 0 Å². The van der Waals surface area contributed by atoms with Crippen molar-refractivity contribution in [3.8, 4) is 0 Å². The fourth-order valence-electron chi connectivity index (χ4n) is 1.63. The summed E-state index contributed by atoms with van der Waals surface area (Å²) < 4.78 is 0. The third kappa shape index (κ3) is 2.36. The molecule has 1 aromatic rings. The predicted octanol–water partition coefficient (Wildman–Crippen LogP) is 1.86. The predicted molar refractivity (Wildman–Crippen MR) is 62.7 cm³/mol. The fraction of sp³-hybridized carbons (Fsp3) is 0.273. The van der Waals surface area contributed by atoms with E-state index in [0.717, 1.165) is 0 Å². The Morgan fingerprint density at radius 2 is 1.88 bits per heavy atom. The molecule has 0 spiro atoms. The molecule has 0 atom stereocenters. The van der Waals surface area contributed by atoms with Gasteiger partial charge in [0.2, 0.25) is 0 Å². The van der Waals surface area contributed by atoms with E-state index in [2.05, 4.69) is 12.6 Å². The van der Waals surface area contributed by atoms with Gasteiger partial charge in [0.25, 0.3) is 0 Å². The fourth-order valence-corrected chi connectivity index (χ4v) is 1.87. The van der Waals surface area contributed by atoms with E-state index in [9.17, 15) is 9.59 Å². The van der Waals surface area contributed by atoms with Crippen LogP contribution in [-0.2, 0) is 6.42 Å². The molecule has 0 aliphatic heterocycles. The van der Waals surface area contributed by atoms with E-state index in [-0.39, 0.29) is 11.1 Å². The molecule has 0 amide bonds. The summed E-state index contributed by atoms with van der Waals surface area (Å²) in [5, 5.41) is 17.9. The SMILES string of the molecule is Cc1c(C(=O)O)ccc(CCS)c1C(=O)O. The number of rotatable bonds is 4. The van der Waals surface area contributed by atoms with Crippen LogP contribution in [0.4, 0.5) is 0 Å². The van der Waals surface area contributed by atoms with Crippen molar-refractivity contribution in [3.05, 3.63) is 34.4 Å². The summed E-state index contributed by atoms with van der Waals surface area (Å²) in [6.45, 7) is 1.51. The van der Waals surface area contributed by atoms with Gasteiger partial charge in [0.15, 0.2) is 0 Å². The van der Waals surface area contributed by atoms with E-state index >= 15 is 0 Å². The van der Waals surface area contributed by atoms with Crippen molar-refractivity contribution in [3.63, 3.8) is 0 Å². The van der Waals surface area contributed by atoms with Gasteiger partial charge in [-0.05, 0) is 36.3 Å². The number of hydrogen-bond acceptors (Lipinski definition) is 3. The van der Waals surface area contributed by atoms with Gasteiger partial charge >= 0.3 is 11.9 Å². The molecule has 0 saturated carbocycles. The molecular weight excluding hydrogens is 228 g/mol. The number of thiol groups is 1. The topological polar surface area (TPSA) is 74.6 Å². The molecule has 0 bridgehead atoms. The van der Waals surface area contributed by atoms with E-state index in [1.54, 1.807) is 0 Å². The summed E-state index contributed by atoms with van der Waals surface area (Å²) in [5.74, 6) is -1.69. The zero-order valence-electron chi connectivity index (χ0n) is 8.73. The molecule has 16 heavy (non-hydrogen) atoms. The maximum absolute atomic E-state index is 11.1. The standard InChI is InChI=1S/C11H12O4S/c1-6-8(10(12)13)3-2-7(4-5-16)9(6)11(14)15/h2-3,16H,4-5H2,1H3,(H,12,13)(H,14,15). The zero-order valence-corrected chi connectivity index (χ0v) is 9.62. The minimum absolute atomic E-state index is 0.0281. The average molecular weight is 240 g/mol.